The lowest BCUT2D eigenvalue weighted by Gasteiger charge is -2.18. The fraction of sp³-hybridized carbons (Fsp3) is 0. The Labute approximate surface area is 165 Å². The molecule has 0 atom stereocenters. The average Bonchev–Trinajstić information content (AvgIpc) is 2.79. The number of nitriles is 1. The second-order valence-corrected chi connectivity index (χ2v) is 6.54. The van der Waals surface area contributed by atoms with Gasteiger partial charge in [-0.15, -0.1) is 0 Å². The van der Waals surface area contributed by atoms with Crippen molar-refractivity contribution in [2.24, 2.45) is 0 Å². The average molecular weight is 357 g/mol. The zero-order chi connectivity index (χ0) is 19.2. The lowest BCUT2D eigenvalue weighted by Crippen LogP contribution is -1.97. The SMILES string of the molecule is N#Cc1ccc(C(=C(c2ccccc2)c2ccccc2)c2ccccc2)cc1. The van der Waals surface area contributed by atoms with Crippen molar-refractivity contribution < 1.29 is 0 Å². The lowest BCUT2D eigenvalue weighted by atomic mass is 9.85. The largest absolute Gasteiger partial charge is 0.192 e. The first-order chi connectivity index (χ1) is 13.9. The molecule has 4 aromatic rings. The van der Waals surface area contributed by atoms with Crippen LogP contribution in [0.2, 0.25) is 0 Å². The fourth-order valence-electron chi connectivity index (χ4n) is 3.44. The lowest BCUT2D eigenvalue weighted by molar-refractivity contribution is 1.46. The molecule has 28 heavy (non-hydrogen) atoms. The Morgan fingerprint density at radius 1 is 0.429 bits per heavy atom. The molecule has 0 aliphatic carbocycles. The molecule has 0 aliphatic heterocycles. The van der Waals surface area contributed by atoms with Gasteiger partial charge < -0.3 is 0 Å². The van der Waals surface area contributed by atoms with Gasteiger partial charge in [-0.3, -0.25) is 0 Å². The van der Waals surface area contributed by atoms with Crippen LogP contribution in [-0.4, -0.2) is 0 Å². The van der Waals surface area contributed by atoms with Crippen LogP contribution in [0.5, 0.6) is 0 Å². The van der Waals surface area contributed by atoms with Gasteiger partial charge in [0.05, 0.1) is 11.6 Å². The van der Waals surface area contributed by atoms with Gasteiger partial charge in [-0.05, 0) is 45.5 Å². The quantitative estimate of drug-likeness (QED) is 0.379. The van der Waals surface area contributed by atoms with Crippen molar-refractivity contribution >= 4 is 11.1 Å². The number of benzene rings is 4. The molecule has 0 amide bonds. The molecule has 0 unspecified atom stereocenters. The molecule has 1 heteroatoms. The van der Waals surface area contributed by atoms with Crippen molar-refractivity contribution in [2.45, 2.75) is 0 Å². The van der Waals surface area contributed by atoms with Gasteiger partial charge in [-0.25, -0.2) is 0 Å². The first-order valence-corrected chi connectivity index (χ1v) is 9.28. The van der Waals surface area contributed by atoms with Gasteiger partial charge in [0, 0.05) is 0 Å². The van der Waals surface area contributed by atoms with Crippen LogP contribution in [0.3, 0.4) is 0 Å². The minimum Gasteiger partial charge on any atom is -0.192 e. The topological polar surface area (TPSA) is 23.8 Å². The Morgan fingerprint density at radius 3 is 1.07 bits per heavy atom. The molecule has 0 saturated carbocycles. The molecule has 0 radical (unpaired) electrons. The highest BCUT2D eigenvalue weighted by Crippen LogP contribution is 2.36. The molecule has 1 nitrogen and oxygen atoms in total. The van der Waals surface area contributed by atoms with Crippen LogP contribution >= 0.6 is 0 Å². The fourth-order valence-corrected chi connectivity index (χ4v) is 3.44. The van der Waals surface area contributed by atoms with E-state index in [4.69, 9.17) is 0 Å². The molecule has 0 saturated heterocycles. The Morgan fingerprint density at radius 2 is 0.750 bits per heavy atom. The van der Waals surface area contributed by atoms with Gasteiger partial charge in [0.1, 0.15) is 0 Å². The maximum absolute atomic E-state index is 9.19. The van der Waals surface area contributed by atoms with E-state index in [1.54, 1.807) is 0 Å². The van der Waals surface area contributed by atoms with Gasteiger partial charge >= 0.3 is 0 Å². The van der Waals surface area contributed by atoms with Crippen LogP contribution in [0.15, 0.2) is 115 Å². The number of nitrogens with zero attached hydrogens (tertiary/aromatic N) is 1. The summed E-state index contributed by atoms with van der Waals surface area (Å²) in [5, 5.41) is 9.19. The van der Waals surface area contributed by atoms with Crippen molar-refractivity contribution in [3.8, 4) is 6.07 Å². The van der Waals surface area contributed by atoms with Crippen molar-refractivity contribution in [2.75, 3.05) is 0 Å². The van der Waals surface area contributed by atoms with Crippen LogP contribution in [0.25, 0.3) is 11.1 Å². The summed E-state index contributed by atoms with van der Waals surface area (Å²) in [6, 6.07) is 41.4. The van der Waals surface area contributed by atoms with Crippen molar-refractivity contribution in [3.63, 3.8) is 0 Å². The highest BCUT2D eigenvalue weighted by atomic mass is 14.2. The summed E-state index contributed by atoms with van der Waals surface area (Å²) in [7, 11) is 0. The molecule has 0 fully saturated rings. The minimum absolute atomic E-state index is 0.664. The predicted molar refractivity (Wildman–Crippen MR) is 116 cm³/mol. The Hall–Kier alpha value is -3.89. The predicted octanol–water partition coefficient (Wildman–Crippen LogP) is 6.57. The summed E-state index contributed by atoms with van der Waals surface area (Å²) < 4.78 is 0. The molecule has 0 heterocycles. The summed E-state index contributed by atoms with van der Waals surface area (Å²) in [5.74, 6) is 0. The van der Waals surface area contributed by atoms with E-state index in [0.29, 0.717) is 5.56 Å². The molecule has 132 valence electrons. The Balaban J connectivity index is 2.07. The van der Waals surface area contributed by atoms with E-state index in [1.165, 1.54) is 5.57 Å². The van der Waals surface area contributed by atoms with Gasteiger partial charge in [-0.2, -0.15) is 5.26 Å². The Kier molecular flexibility index (Phi) is 5.13. The number of hydrogen-bond acceptors (Lipinski definition) is 1. The third kappa shape index (κ3) is 3.63. The highest BCUT2D eigenvalue weighted by Gasteiger charge is 2.15. The van der Waals surface area contributed by atoms with Crippen molar-refractivity contribution in [1.29, 1.82) is 5.26 Å². The van der Waals surface area contributed by atoms with E-state index in [2.05, 4.69) is 78.9 Å². The zero-order valence-electron chi connectivity index (χ0n) is 15.4. The van der Waals surface area contributed by atoms with E-state index in [-0.39, 0.29) is 0 Å². The van der Waals surface area contributed by atoms with Crippen LogP contribution in [0, 0.1) is 11.3 Å². The van der Waals surface area contributed by atoms with Crippen LogP contribution < -0.4 is 0 Å². The summed E-state index contributed by atoms with van der Waals surface area (Å²) >= 11 is 0. The summed E-state index contributed by atoms with van der Waals surface area (Å²) in [6.07, 6.45) is 0. The third-order valence-corrected chi connectivity index (χ3v) is 4.74. The van der Waals surface area contributed by atoms with Crippen LogP contribution in [0.4, 0.5) is 0 Å². The minimum atomic E-state index is 0.664. The summed E-state index contributed by atoms with van der Waals surface area (Å²) in [6.45, 7) is 0. The van der Waals surface area contributed by atoms with Gasteiger partial charge in [-0.1, -0.05) is 103 Å². The molecule has 0 bridgehead atoms. The number of rotatable bonds is 4. The van der Waals surface area contributed by atoms with E-state index >= 15 is 0 Å². The second kappa shape index (κ2) is 8.20. The molecule has 0 spiro atoms. The monoisotopic (exact) mass is 357 g/mol. The van der Waals surface area contributed by atoms with Gasteiger partial charge in [0.2, 0.25) is 0 Å². The second-order valence-electron chi connectivity index (χ2n) is 6.54. The maximum atomic E-state index is 9.19. The van der Waals surface area contributed by atoms with Crippen molar-refractivity contribution in [3.05, 3.63) is 143 Å². The molecule has 4 aromatic carbocycles. The first kappa shape index (κ1) is 17.5. The molecular formula is C27H19N. The maximum Gasteiger partial charge on any atom is 0.0991 e. The van der Waals surface area contributed by atoms with E-state index in [9.17, 15) is 5.26 Å². The molecule has 0 aliphatic rings. The smallest absolute Gasteiger partial charge is 0.0991 e. The standard InChI is InChI=1S/C27H19N/c28-20-21-16-18-25(19-17-21)27(24-14-8-3-9-15-24)26(22-10-4-1-5-11-22)23-12-6-2-7-13-23/h1-19H. The zero-order valence-corrected chi connectivity index (χ0v) is 15.4. The number of hydrogen-bond donors (Lipinski definition) is 0. The van der Waals surface area contributed by atoms with E-state index < -0.39 is 0 Å². The Bertz CT molecular complexity index is 1080. The summed E-state index contributed by atoms with van der Waals surface area (Å²) in [5.41, 5.74) is 7.56. The van der Waals surface area contributed by atoms with Gasteiger partial charge in [0.15, 0.2) is 0 Å². The van der Waals surface area contributed by atoms with Gasteiger partial charge in [0.25, 0.3) is 0 Å². The normalized spacial score (nSPS) is 10.1. The van der Waals surface area contributed by atoms with Crippen molar-refractivity contribution in [1.82, 2.24) is 0 Å². The van der Waals surface area contributed by atoms with Crippen LogP contribution in [-0.2, 0) is 0 Å². The molecular weight excluding hydrogens is 338 g/mol. The summed E-state index contributed by atoms with van der Waals surface area (Å²) in [4.78, 5) is 0. The highest BCUT2D eigenvalue weighted by molar-refractivity contribution is 6.04. The van der Waals surface area contributed by atoms with E-state index in [0.717, 1.165) is 27.8 Å². The third-order valence-electron chi connectivity index (χ3n) is 4.74. The molecule has 4 rings (SSSR count). The van der Waals surface area contributed by atoms with E-state index in [1.807, 2.05) is 42.5 Å². The first-order valence-electron chi connectivity index (χ1n) is 9.28. The van der Waals surface area contributed by atoms with Crippen LogP contribution in [0.1, 0.15) is 27.8 Å². The molecule has 0 aromatic heterocycles. The molecule has 0 N–H and O–H groups in total.